The number of rotatable bonds is 8. The Labute approximate surface area is 198 Å². The zero-order valence-electron chi connectivity index (χ0n) is 19.6. The van der Waals surface area contributed by atoms with Crippen molar-refractivity contribution in [1.82, 2.24) is 15.1 Å². The molecule has 34 heavy (non-hydrogen) atoms. The summed E-state index contributed by atoms with van der Waals surface area (Å²) in [5.74, 6) is 1.48. The maximum Gasteiger partial charge on any atom is 0.324 e. The number of methoxy groups -OCH3 is 3. The maximum absolute atomic E-state index is 13.0. The molecule has 0 aromatic heterocycles. The quantitative estimate of drug-likeness (QED) is 0.598. The van der Waals surface area contributed by atoms with Crippen LogP contribution in [0, 0.1) is 0 Å². The summed E-state index contributed by atoms with van der Waals surface area (Å²) in [4.78, 5) is 41.1. The number of fused-ring (bicyclic) bond motifs is 1. The van der Waals surface area contributed by atoms with E-state index < -0.39 is 12.1 Å². The second-order valence-electron chi connectivity index (χ2n) is 8.34. The third kappa shape index (κ3) is 4.78. The van der Waals surface area contributed by atoms with Gasteiger partial charge in [-0.25, -0.2) is 4.79 Å². The molecule has 0 spiro atoms. The van der Waals surface area contributed by atoms with Gasteiger partial charge in [0.05, 0.1) is 27.8 Å². The van der Waals surface area contributed by atoms with Crippen molar-refractivity contribution in [2.75, 3.05) is 34.4 Å². The maximum atomic E-state index is 13.0. The molecule has 2 aliphatic heterocycles. The number of carbonyl (C=O) groups excluding carboxylic acids is 3. The van der Waals surface area contributed by atoms with Crippen LogP contribution in [-0.4, -0.2) is 68.1 Å². The molecule has 2 aliphatic rings. The van der Waals surface area contributed by atoms with Gasteiger partial charge in [0.15, 0.2) is 11.5 Å². The molecule has 0 aliphatic carbocycles. The Balaban J connectivity index is 1.35. The SMILES string of the molecule is COc1ccc(CCN2C(=O)NC(CC(=O)N3CCc4cc(OC)c(OC)cc4C3)C2=O)cc1. The lowest BCUT2D eigenvalue weighted by Gasteiger charge is -2.30. The smallest absolute Gasteiger partial charge is 0.324 e. The predicted molar refractivity (Wildman–Crippen MR) is 124 cm³/mol. The number of hydrogen-bond donors (Lipinski definition) is 1. The van der Waals surface area contributed by atoms with Gasteiger partial charge >= 0.3 is 6.03 Å². The van der Waals surface area contributed by atoms with Gasteiger partial charge in [-0.1, -0.05) is 12.1 Å². The molecule has 2 aromatic carbocycles. The van der Waals surface area contributed by atoms with E-state index in [1.807, 2.05) is 36.4 Å². The standard InChI is InChI=1S/C25H29N3O6/c1-32-19-6-4-16(5-7-19)8-11-28-24(30)20(26-25(28)31)14-23(29)27-10-9-17-12-21(33-2)22(34-3)13-18(17)15-27/h4-7,12-13,20H,8-11,14-15H2,1-3H3,(H,26,31). The Kier molecular flexibility index (Phi) is 6.90. The number of nitrogens with one attached hydrogen (secondary N) is 1. The van der Waals surface area contributed by atoms with E-state index in [4.69, 9.17) is 14.2 Å². The van der Waals surface area contributed by atoms with Crippen molar-refractivity contribution < 1.29 is 28.6 Å². The second kappa shape index (κ2) is 10.0. The van der Waals surface area contributed by atoms with Crippen molar-refractivity contribution in [2.24, 2.45) is 0 Å². The molecule has 4 rings (SSSR count). The van der Waals surface area contributed by atoms with E-state index in [-0.39, 0.29) is 24.8 Å². The number of benzene rings is 2. The third-order valence-electron chi connectivity index (χ3n) is 6.34. The minimum Gasteiger partial charge on any atom is -0.497 e. The van der Waals surface area contributed by atoms with E-state index in [1.165, 1.54) is 4.90 Å². The van der Waals surface area contributed by atoms with Crippen LogP contribution in [0.3, 0.4) is 0 Å². The molecule has 1 saturated heterocycles. The highest BCUT2D eigenvalue weighted by Crippen LogP contribution is 2.33. The number of hydrogen-bond acceptors (Lipinski definition) is 6. The lowest BCUT2D eigenvalue weighted by atomic mass is 9.98. The average molecular weight is 468 g/mol. The average Bonchev–Trinajstić information content (AvgIpc) is 3.13. The fourth-order valence-electron chi connectivity index (χ4n) is 4.36. The molecular weight excluding hydrogens is 438 g/mol. The number of urea groups is 1. The van der Waals surface area contributed by atoms with Crippen molar-refractivity contribution in [3.8, 4) is 17.2 Å². The minimum absolute atomic E-state index is 0.0633. The monoisotopic (exact) mass is 467 g/mol. The number of carbonyl (C=O) groups is 3. The number of ether oxygens (including phenoxy) is 3. The largest absolute Gasteiger partial charge is 0.497 e. The lowest BCUT2D eigenvalue weighted by molar-refractivity contribution is -0.136. The molecule has 2 heterocycles. The van der Waals surface area contributed by atoms with Crippen LogP contribution in [0.5, 0.6) is 17.2 Å². The van der Waals surface area contributed by atoms with Gasteiger partial charge in [-0.05, 0) is 53.8 Å². The van der Waals surface area contributed by atoms with Crippen molar-refractivity contribution in [3.63, 3.8) is 0 Å². The van der Waals surface area contributed by atoms with Crippen molar-refractivity contribution in [3.05, 3.63) is 53.1 Å². The van der Waals surface area contributed by atoms with E-state index in [0.717, 1.165) is 22.4 Å². The van der Waals surface area contributed by atoms with Crippen molar-refractivity contribution in [1.29, 1.82) is 0 Å². The Bertz CT molecular complexity index is 1080. The molecular formula is C25H29N3O6. The first-order valence-electron chi connectivity index (χ1n) is 11.2. The fourth-order valence-corrected chi connectivity index (χ4v) is 4.36. The Hall–Kier alpha value is -3.75. The predicted octanol–water partition coefficient (Wildman–Crippen LogP) is 2.15. The van der Waals surface area contributed by atoms with Gasteiger partial charge in [0, 0.05) is 19.6 Å². The van der Waals surface area contributed by atoms with Crippen LogP contribution in [0.2, 0.25) is 0 Å². The third-order valence-corrected chi connectivity index (χ3v) is 6.34. The molecule has 180 valence electrons. The first kappa shape index (κ1) is 23.4. The van der Waals surface area contributed by atoms with Crippen LogP contribution in [0.1, 0.15) is 23.1 Å². The summed E-state index contributed by atoms with van der Waals surface area (Å²) in [5.41, 5.74) is 3.08. The normalized spacial score (nSPS) is 17.3. The highest BCUT2D eigenvalue weighted by Gasteiger charge is 2.39. The number of amides is 4. The van der Waals surface area contributed by atoms with Crippen molar-refractivity contribution in [2.45, 2.75) is 31.8 Å². The second-order valence-corrected chi connectivity index (χ2v) is 8.34. The topological polar surface area (TPSA) is 97.4 Å². The molecule has 9 heteroatoms. The van der Waals surface area contributed by atoms with E-state index in [2.05, 4.69) is 5.32 Å². The van der Waals surface area contributed by atoms with E-state index in [1.54, 1.807) is 26.2 Å². The zero-order chi connectivity index (χ0) is 24.2. The summed E-state index contributed by atoms with van der Waals surface area (Å²) in [6, 6.07) is 10.00. The van der Waals surface area contributed by atoms with E-state index >= 15 is 0 Å². The van der Waals surface area contributed by atoms with Gasteiger partial charge in [0.1, 0.15) is 11.8 Å². The van der Waals surface area contributed by atoms with E-state index in [0.29, 0.717) is 37.4 Å². The van der Waals surface area contributed by atoms with Gasteiger partial charge in [-0.3, -0.25) is 14.5 Å². The summed E-state index contributed by atoms with van der Waals surface area (Å²) in [6.45, 7) is 1.21. The van der Waals surface area contributed by atoms with Crippen LogP contribution >= 0.6 is 0 Å². The molecule has 9 nitrogen and oxygen atoms in total. The van der Waals surface area contributed by atoms with Crippen LogP contribution in [0.25, 0.3) is 0 Å². The molecule has 1 unspecified atom stereocenters. The van der Waals surface area contributed by atoms with Crippen LogP contribution in [0.4, 0.5) is 4.79 Å². The molecule has 1 fully saturated rings. The summed E-state index contributed by atoms with van der Waals surface area (Å²) >= 11 is 0. The number of nitrogens with zero attached hydrogens (tertiary/aromatic N) is 2. The highest BCUT2D eigenvalue weighted by atomic mass is 16.5. The highest BCUT2D eigenvalue weighted by molar-refractivity contribution is 6.05. The van der Waals surface area contributed by atoms with Crippen LogP contribution in [-0.2, 0) is 29.0 Å². The first-order chi connectivity index (χ1) is 16.4. The molecule has 2 aromatic rings. The molecule has 4 amide bonds. The Morgan fingerprint density at radius 2 is 1.68 bits per heavy atom. The van der Waals surface area contributed by atoms with Crippen molar-refractivity contribution >= 4 is 17.8 Å². The molecule has 0 bridgehead atoms. The minimum atomic E-state index is -0.845. The summed E-state index contributed by atoms with van der Waals surface area (Å²) < 4.78 is 15.9. The first-order valence-corrected chi connectivity index (χ1v) is 11.2. The Morgan fingerprint density at radius 3 is 2.32 bits per heavy atom. The Morgan fingerprint density at radius 1 is 1.00 bits per heavy atom. The zero-order valence-corrected chi connectivity index (χ0v) is 19.6. The number of imide groups is 1. The van der Waals surface area contributed by atoms with Crippen LogP contribution in [0.15, 0.2) is 36.4 Å². The van der Waals surface area contributed by atoms with E-state index in [9.17, 15) is 14.4 Å². The van der Waals surface area contributed by atoms with Gasteiger partial charge in [0.25, 0.3) is 5.91 Å². The summed E-state index contributed by atoms with van der Waals surface area (Å²) in [5, 5.41) is 2.66. The summed E-state index contributed by atoms with van der Waals surface area (Å²) in [7, 11) is 4.77. The molecule has 0 radical (unpaired) electrons. The van der Waals surface area contributed by atoms with Gasteiger partial charge in [-0.2, -0.15) is 0 Å². The molecule has 0 saturated carbocycles. The van der Waals surface area contributed by atoms with Gasteiger partial charge < -0.3 is 24.4 Å². The van der Waals surface area contributed by atoms with Gasteiger partial charge in [-0.15, -0.1) is 0 Å². The van der Waals surface area contributed by atoms with Crippen LogP contribution < -0.4 is 19.5 Å². The van der Waals surface area contributed by atoms with Gasteiger partial charge in [0.2, 0.25) is 5.91 Å². The summed E-state index contributed by atoms with van der Waals surface area (Å²) in [6.07, 6.45) is 1.14. The molecule has 1 N–H and O–H groups in total. The fraction of sp³-hybridized carbons (Fsp3) is 0.400. The lowest BCUT2D eigenvalue weighted by Crippen LogP contribution is -2.41. The molecule has 1 atom stereocenters.